The highest BCUT2D eigenvalue weighted by Gasteiger charge is 2.31. The molecule has 1 aliphatic rings. The van der Waals surface area contributed by atoms with Crippen molar-refractivity contribution in [2.24, 2.45) is 0 Å². The summed E-state index contributed by atoms with van der Waals surface area (Å²) in [6.45, 7) is 5.47. The lowest BCUT2D eigenvalue weighted by atomic mass is 10.0. The Balaban J connectivity index is 2.11. The molecule has 1 fully saturated rings. The van der Waals surface area contributed by atoms with Gasteiger partial charge in [-0.05, 0) is 44.4 Å². The van der Waals surface area contributed by atoms with E-state index in [0.29, 0.717) is 19.4 Å². The predicted octanol–water partition coefficient (Wildman–Crippen LogP) is 2.08. The Hall–Kier alpha value is -2.10. The van der Waals surface area contributed by atoms with Gasteiger partial charge in [-0.15, -0.1) is 0 Å². The molecule has 0 spiro atoms. The summed E-state index contributed by atoms with van der Waals surface area (Å²) in [5.41, 5.74) is 2.11. The van der Waals surface area contributed by atoms with E-state index in [9.17, 15) is 15.2 Å². The van der Waals surface area contributed by atoms with Crippen LogP contribution in [0.15, 0.2) is 11.6 Å². The van der Waals surface area contributed by atoms with Crippen LogP contribution in [0.2, 0.25) is 0 Å². The highest BCUT2D eigenvalue weighted by Crippen LogP contribution is 2.28. The van der Waals surface area contributed by atoms with Gasteiger partial charge in [-0.1, -0.05) is 12.8 Å². The number of hydrogen-bond donors (Lipinski definition) is 2. The van der Waals surface area contributed by atoms with E-state index in [1.807, 2.05) is 26.0 Å². The Labute approximate surface area is 149 Å². The molecule has 1 saturated carbocycles. The van der Waals surface area contributed by atoms with Gasteiger partial charge in [0.1, 0.15) is 11.6 Å². The molecule has 2 rings (SSSR count). The summed E-state index contributed by atoms with van der Waals surface area (Å²) in [6, 6.07) is 3.93. The van der Waals surface area contributed by atoms with Gasteiger partial charge in [-0.3, -0.25) is 4.79 Å². The van der Waals surface area contributed by atoms with Crippen LogP contribution in [-0.2, 0) is 16.1 Å². The van der Waals surface area contributed by atoms with Crippen molar-refractivity contribution in [3.05, 3.63) is 28.6 Å². The van der Waals surface area contributed by atoms with Crippen molar-refractivity contribution in [1.29, 1.82) is 5.26 Å². The third kappa shape index (κ3) is 4.71. The van der Waals surface area contributed by atoms with Crippen LogP contribution in [0.3, 0.4) is 0 Å². The lowest BCUT2D eigenvalue weighted by Crippen LogP contribution is -2.41. The quantitative estimate of drug-likeness (QED) is 0.585. The zero-order chi connectivity index (χ0) is 18.4. The zero-order valence-corrected chi connectivity index (χ0v) is 15.3. The fraction of sp³-hybridized carbons (Fsp3) is 0.579. The van der Waals surface area contributed by atoms with Gasteiger partial charge in [-0.25, -0.2) is 0 Å². The predicted molar refractivity (Wildman–Crippen MR) is 95.8 cm³/mol. The van der Waals surface area contributed by atoms with Gasteiger partial charge in [0, 0.05) is 31.6 Å². The van der Waals surface area contributed by atoms with Crippen molar-refractivity contribution in [2.75, 3.05) is 20.3 Å². The first-order chi connectivity index (χ1) is 11.9. The average molecular weight is 345 g/mol. The summed E-state index contributed by atoms with van der Waals surface area (Å²) in [6.07, 6.45) is 4.94. The Bertz CT molecular complexity index is 692. The summed E-state index contributed by atoms with van der Waals surface area (Å²) in [5, 5.41) is 22.4. The third-order valence-corrected chi connectivity index (χ3v) is 4.91. The summed E-state index contributed by atoms with van der Waals surface area (Å²) >= 11 is 0. The molecular formula is C19H27N3O3. The fourth-order valence-corrected chi connectivity index (χ4v) is 3.35. The van der Waals surface area contributed by atoms with Gasteiger partial charge < -0.3 is 19.7 Å². The number of amides is 1. The minimum Gasteiger partial charge on any atom is -0.388 e. The SMILES string of the molecule is COCCn1c(C)cc(/C=C(/C#N)C(=O)NCC2(O)CCCC2)c1C. The smallest absolute Gasteiger partial charge is 0.262 e. The Morgan fingerprint density at radius 2 is 2.16 bits per heavy atom. The van der Waals surface area contributed by atoms with Gasteiger partial charge in [0.2, 0.25) is 0 Å². The van der Waals surface area contributed by atoms with Crippen molar-refractivity contribution in [3.63, 3.8) is 0 Å². The standard InChI is InChI=1S/C19H27N3O3/c1-14-10-16(15(2)22(14)8-9-25-3)11-17(12-20)18(23)21-13-19(24)6-4-5-7-19/h10-11,24H,4-9,13H2,1-3H3,(H,21,23)/b17-11-. The highest BCUT2D eigenvalue weighted by atomic mass is 16.5. The number of hydrogen-bond acceptors (Lipinski definition) is 4. The van der Waals surface area contributed by atoms with Gasteiger partial charge in [0.05, 0.1) is 12.2 Å². The lowest BCUT2D eigenvalue weighted by Gasteiger charge is -2.22. The van der Waals surface area contributed by atoms with Crippen molar-refractivity contribution >= 4 is 12.0 Å². The number of methoxy groups -OCH3 is 1. The third-order valence-electron chi connectivity index (χ3n) is 4.91. The monoisotopic (exact) mass is 345 g/mol. The number of carbonyl (C=O) groups is 1. The van der Waals surface area contributed by atoms with Crippen molar-refractivity contribution < 1.29 is 14.6 Å². The summed E-state index contributed by atoms with van der Waals surface area (Å²) in [4.78, 5) is 12.3. The second-order valence-electron chi connectivity index (χ2n) is 6.75. The maximum Gasteiger partial charge on any atom is 0.262 e. The number of rotatable bonds is 7. The molecule has 25 heavy (non-hydrogen) atoms. The van der Waals surface area contributed by atoms with Crippen molar-refractivity contribution in [3.8, 4) is 6.07 Å². The molecule has 1 heterocycles. The molecule has 6 heteroatoms. The number of aliphatic hydroxyl groups is 1. The average Bonchev–Trinajstić information content (AvgIpc) is 3.13. The minimum atomic E-state index is -0.827. The van der Waals surface area contributed by atoms with Crippen LogP contribution >= 0.6 is 0 Å². The number of nitrogens with zero attached hydrogens (tertiary/aromatic N) is 2. The number of aromatic nitrogens is 1. The molecule has 1 aromatic rings. The number of carbonyl (C=O) groups excluding carboxylic acids is 1. The van der Waals surface area contributed by atoms with Crippen LogP contribution in [0.1, 0.15) is 42.6 Å². The molecular weight excluding hydrogens is 318 g/mol. The van der Waals surface area contributed by atoms with E-state index in [1.165, 1.54) is 0 Å². The van der Waals surface area contributed by atoms with Crippen LogP contribution in [-0.4, -0.2) is 41.4 Å². The minimum absolute atomic E-state index is 0.0496. The first-order valence-corrected chi connectivity index (χ1v) is 8.68. The van der Waals surface area contributed by atoms with Crippen LogP contribution < -0.4 is 5.32 Å². The van der Waals surface area contributed by atoms with Gasteiger partial charge in [-0.2, -0.15) is 5.26 Å². The summed E-state index contributed by atoms with van der Waals surface area (Å²) in [7, 11) is 1.66. The van der Waals surface area contributed by atoms with Crippen molar-refractivity contribution in [2.45, 2.75) is 51.7 Å². The van der Waals surface area contributed by atoms with E-state index in [0.717, 1.165) is 36.3 Å². The van der Waals surface area contributed by atoms with E-state index in [-0.39, 0.29) is 12.1 Å². The topological polar surface area (TPSA) is 87.3 Å². The van der Waals surface area contributed by atoms with Crippen molar-refractivity contribution in [1.82, 2.24) is 9.88 Å². The number of nitrogens with one attached hydrogen (secondary N) is 1. The molecule has 0 unspecified atom stereocenters. The second-order valence-corrected chi connectivity index (χ2v) is 6.75. The molecule has 0 atom stereocenters. The molecule has 2 N–H and O–H groups in total. The van der Waals surface area contributed by atoms with Gasteiger partial charge in [0.15, 0.2) is 0 Å². The molecule has 0 aliphatic heterocycles. The summed E-state index contributed by atoms with van der Waals surface area (Å²) < 4.78 is 7.22. The van der Waals surface area contributed by atoms with E-state index >= 15 is 0 Å². The fourth-order valence-electron chi connectivity index (χ4n) is 3.35. The molecule has 0 bridgehead atoms. The van der Waals surface area contributed by atoms with Gasteiger partial charge in [0.25, 0.3) is 5.91 Å². The maximum atomic E-state index is 12.3. The molecule has 6 nitrogen and oxygen atoms in total. The number of aryl methyl sites for hydroxylation is 1. The zero-order valence-electron chi connectivity index (χ0n) is 15.3. The van der Waals surface area contributed by atoms with Crippen LogP contribution in [0.4, 0.5) is 0 Å². The molecule has 136 valence electrons. The molecule has 0 aromatic carbocycles. The molecule has 0 saturated heterocycles. The van der Waals surface area contributed by atoms with Crippen LogP contribution in [0, 0.1) is 25.2 Å². The van der Waals surface area contributed by atoms with E-state index in [2.05, 4.69) is 9.88 Å². The highest BCUT2D eigenvalue weighted by molar-refractivity contribution is 6.01. The van der Waals surface area contributed by atoms with Crippen LogP contribution in [0.25, 0.3) is 6.08 Å². The van der Waals surface area contributed by atoms with E-state index in [1.54, 1.807) is 13.2 Å². The van der Waals surface area contributed by atoms with E-state index < -0.39 is 11.5 Å². The largest absolute Gasteiger partial charge is 0.388 e. The molecule has 1 amide bonds. The number of nitriles is 1. The number of ether oxygens (including phenoxy) is 1. The normalized spacial score (nSPS) is 16.7. The molecule has 0 radical (unpaired) electrons. The Morgan fingerprint density at radius 1 is 1.48 bits per heavy atom. The first kappa shape index (κ1) is 19.2. The lowest BCUT2D eigenvalue weighted by molar-refractivity contribution is -0.118. The molecule has 1 aliphatic carbocycles. The van der Waals surface area contributed by atoms with Gasteiger partial charge >= 0.3 is 0 Å². The summed E-state index contributed by atoms with van der Waals surface area (Å²) in [5.74, 6) is -0.440. The Kier molecular flexibility index (Phi) is 6.40. The Morgan fingerprint density at radius 3 is 2.76 bits per heavy atom. The maximum absolute atomic E-state index is 12.3. The first-order valence-electron chi connectivity index (χ1n) is 8.68. The van der Waals surface area contributed by atoms with E-state index in [4.69, 9.17) is 4.74 Å². The van der Waals surface area contributed by atoms with Crippen LogP contribution in [0.5, 0.6) is 0 Å². The second kappa shape index (κ2) is 8.32. The molecule has 1 aromatic heterocycles.